The minimum atomic E-state index is -0.257. The van der Waals surface area contributed by atoms with Gasteiger partial charge in [-0.15, -0.1) is 0 Å². The summed E-state index contributed by atoms with van der Waals surface area (Å²) >= 11 is 0. The first kappa shape index (κ1) is 19.4. The number of rotatable bonds is 7. The SMILES string of the molecule is Cc1ccc(Oc2ccc(NC(=O)NCCCn3ccnc3C)cn2)cc1C. The lowest BCUT2D eigenvalue weighted by atomic mass is 10.1. The molecule has 0 saturated heterocycles. The van der Waals surface area contributed by atoms with Crippen LogP contribution < -0.4 is 15.4 Å². The van der Waals surface area contributed by atoms with Crippen LogP contribution in [-0.2, 0) is 6.54 Å². The van der Waals surface area contributed by atoms with Crippen LogP contribution in [0.5, 0.6) is 11.6 Å². The maximum atomic E-state index is 12.0. The molecule has 0 saturated carbocycles. The van der Waals surface area contributed by atoms with Gasteiger partial charge in [-0.3, -0.25) is 0 Å². The fourth-order valence-corrected chi connectivity index (χ4v) is 2.68. The Morgan fingerprint density at radius 1 is 1.11 bits per heavy atom. The van der Waals surface area contributed by atoms with Gasteiger partial charge in [-0.05, 0) is 56.5 Å². The number of ether oxygens (including phenoxy) is 1. The number of urea groups is 1. The summed E-state index contributed by atoms with van der Waals surface area (Å²) in [7, 11) is 0. The highest BCUT2D eigenvalue weighted by Gasteiger charge is 2.04. The van der Waals surface area contributed by atoms with Crippen LogP contribution in [0.25, 0.3) is 0 Å². The van der Waals surface area contributed by atoms with E-state index in [-0.39, 0.29) is 6.03 Å². The maximum Gasteiger partial charge on any atom is 0.319 e. The Bertz CT molecular complexity index is 934. The molecule has 0 aliphatic rings. The van der Waals surface area contributed by atoms with E-state index < -0.39 is 0 Å². The number of imidazole rings is 1. The number of nitrogens with zero attached hydrogens (tertiary/aromatic N) is 3. The maximum absolute atomic E-state index is 12.0. The predicted molar refractivity (Wildman–Crippen MR) is 109 cm³/mol. The Morgan fingerprint density at radius 2 is 1.96 bits per heavy atom. The first-order valence-corrected chi connectivity index (χ1v) is 9.25. The first-order chi connectivity index (χ1) is 13.5. The molecular weight excluding hydrogens is 354 g/mol. The molecule has 0 spiro atoms. The van der Waals surface area contributed by atoms with Crippen molar-refractivity contribution in [2.24, 2.45) is 0 Å². The second-order valence-corrected chi connectivity index (χ2v) is 6.64. The second-order valence-electron chi connectivity index (χ2n) is 6.64. The third-order valence-electron chi connectivity index (χ3n) is 4.48. The molecule has 0 unspecified atom stereocenters. The first-order valence-electron chi connectivity index (χ1n) is 9.25. The molecule has 0 bridgehead atoms. The average molecular weight is 379 g/mol. The molecule has 7 heteroatoms. The van der Waals surface area contributed by atoms with Crippen molar-refractivity contribution in [2.75, 3.05) is 11.9 Å². The van der Waals surface area contributed by atoms with E-state index in [0.717, 1.165) is 30.1 Å². The summed E-state index contributed by atoms with van der Waals surface area (Å²) in [6, 6.07) is 9.13. The Kier molecular flexibility index (Phi) is 6.26. The number of anilines is 1. The summed E-state index contributed by atoms with van der Waals surface area (Å²) in [4.78, 5) is 20.4. The van der Waals surface area contributed by atoms with Crippen LogP contribution in [0, 0.1) is 20.8 Å². The van der Waals surface area contributed by atoms with Crippen LogP contribution in [-0.4, -0.2) is 27.1 Å². The molecule has 2 amide bonds. The fraction of sp³-hybridized carbons (Fsp3) is 0.286. The van der Waals surface area contributed by atoms with Crippen LogP contribution in [0.3, 0.4) is 0 Å². The third kappa shape index (κ3) is 5.33. The molecule has 2 heterocycles. The Morgan fingerprint density at radius 3 is 2.64 bits per heavy atom. The molecule has 0 aliphatic heterocycles. The van der Waals surface area contributed by atoms with E-state index in [1.165, 1.54) is 5.56 Å². The molecule has 0 fully saturated rings. The summed E-state index contributed by atoms with van der Waals surface area (Å²) in [6.07, 6.45) is 6.11. The highest BCUT2D eigenvalue weighted by atomic mass is 16.5. The molecule has 7 nitrogen and oxygen atoms in total. The zero-order valence-electron chi connectivity index (χ0n) is 16.4. The Hall–Kier alpha value is -3.35. The minimum absolute atomic E-state index is 0.257. The zero-order chi connectivity index (χ0) is 19.9. The van der Waals surface area contributed by atoms with E-state index in [4.69, 9.17) is 4.74 Å². The van der Waals surface area contributed by atoms with Gasteiger partial charge in [0.05, 0.1) is 11.9 Å². The van der Waals surface area contributed by atoms with Crippen molar-refractivity contribution in [3.05, 3.63) is 65.9 Å². The summed E-state index contributed by atoms with van der Waals surface area (Å²) in [5.41, 5.74) is 2.98. The molecule has 3 rings (SSSR count). The number of benzene rings is 1. The number of hydrogen-bond donors (Lipinski definition) is 2. The molecular formula is C21H25N5O2. The van der Waals surface area contributed by atoms with Crippen molar-refractivity contribution in [1.29, 1.82) is 0 Å². The van der Waals surface area contributed by atoms with Gasteiger partial charge in [-0.1, -0.05) is 6.07 Å². The van der Waals surface area contributed by atoms with E-state index in [0.29, 0.717) is 18.1 Å². The highest BCUT2D eigenvalue weighted by molar-refractivity contribution is 5.88. The van der Waals surface area contributed by atoms with Gasteiger partial charge in [-0.25, -0.2) is 14.8 Å². The minimum Gasteiger partial charge on any atom is -0.439 e. The number of nitrogens with one attached hydrogen (secondary N) is 2. The summed E-state index contributed by atoms with van der Waals surface area (Å²) in [6.45, 7) is 7.45. The molecule has 2 aromatic heterocycles. The molecule has 28 heavy (non-hydrogen) atoms. The van der Waals surface area contributed by atoms with Gasteiger partial charge in [0.1, 0.15) is 11.6 Å². The van der Waals surface area contributed by atoms with Crippen molar-refractivity contribution < 1.29 is 9.53 Å². The van der Waals surface area contributed by atoms with Crippen LogP contribution in [0.4, 0.5) is 10.5 Å². The number of amides is 2. The summed E-state index contributed by atoms with van der Waals surface area (Å²) in [5, 5.41) is 5.60. The van der Waals surface area contributed by atoms with Gasteiger partial charge >= 0.3 is 6.03 Å². The van der Waals surface area contributed by atoms with Gasteiger partial charge in [0.25, 0.3) is 0 Å². The standard InChI is InChI=1S/C21H25N5O2/c1-15-5-7-19(13-16(15)2)28-20-8-6-18(14-24-20)25-21(27)23-9-4-11-26-12-10-22-17(26)3/h5-8,10,12-14H,4,9,11H2,1-3H3,(H2,23,25,27). The number of carbonyl (C=O) groups is 1. The molecule has 0 aliphatic carbocycles. The number of aryl methyl sites for hydroxylation is 4. The number of hydrogen-bond acceptors (Lipinski definition) is 4. The lowest BCUT2D eigenvalue weighted by molar-refractivity contribution is 0.252. The molecule has 3 aromatic rings. The largest absolute Gasteiger partial charge is 0.439 e. The number of aromatic nitrogens is 3. The Labute approximate surface area is 164 Å². The monoisotopic (exact) mass is 379 g/mol. The molecule has 1 aromatic carbocycles. The summed E-state index contributed by atoms with van der Waals surface area (Å²) in [5.74, 6) is 2.19. The van der Waals surface area contributed by atoms with Crippen molar-refractivity contribution in [2.45, 2.75) is 33.7 Å². The van der Waals surface area contributed by atoms with Crippen LogP contribution in [0.2, 0.25) is 0 Å². The van der Waals surface area contributed by atoms with Gasteiger partial charge < -0.3 is 19.9 Å². The van der Waals surface area contributed by atoms with Crippen LogP contribution >= 0.6 is 0 Å². The van der Waals surface area contributed by atoms with Gasteiger partial charge in [0, 0.05) is 31.5 Å². The van der Waals surface area contributed by atoms with Crippen molar-refractivity contribution in [3.8, 4) is 11.6 Å². The number of pyridine rings is 1. The van der Waals surface area contributed by atoms with E-state index in [1.54, 1.807) is 24.5 Å². The quantitative estimate of drug-likeness (QED) is 0.603. The molecule has 0 atom stereocenters. The average Bonchev–Trinajstić information content (AvgIpc) is 3.08. The van der Waals surface area contributed by atoms with Crippen LogP contribution in [0.15, 0.2) is 48.9 Å². The van der Waals surface area contributed by atoms with Crippen molar-refractivity contribution in [1.82, 2.24) is 19.9 Å². The van der Waals surface area contributed by atoms with Gasteiger partial charge in [0.15, 0.2) is 0 Å². The molecule has 2 N–H and O–H groups in total. The molecule has 0 radical (unpaired) electrons. The van der Waals surface area contributed by atoms with E-state index in [2.05, 4.69) is 32.1 Å². The topological polar surface area (TPSA) is 81.1 Å². The highest BCUT2D eigenvalue weighted by Crippen LogP contribution is 2.22. The predicted octanol–water partition coefficient (Wildman–Crippen LogP) is 4.21. The fourth-order valence-electron chi connectivity index (χ4n) is 2.68. The normalized spacial score (nSPS) is 10.5. The summed E-state index contributed by atoms with van der Waals surface area (Å²) < 4.78 is 7.81. The van der Waals surface area contributed by atoms with E-state index in [9.17, 15) is 4.79 Å². The lowest BCUT2D eigenvalue weighted by Crippen LogP contribution is -2.30. The van der Waals surface area contributed by atoms with Crippen LogP contribution in [0.1, 0.15) is 23.4 Å². The van der Waals surface area contributed by atoms with E-state index >= 15 is 0 Å². The number of carbonyl (C=O) groups excluding carboxylic acids is 1. The smallest absolute Gasteiger partial charge is 0.319 e. The Balaban J connectivity index is 1.43. The van der Waals surface area contributed by atoms with Crippen molar-refractivity contribution >= 4 is 11.7 Å². The molecule has 146 valence electrons. The lowest BCUT2D eigenvalue weighted by Gasteiger charge is -2.10. The van der Waals surface area contributed by atoms with Gasteiger partial charge in [0.2, 0.25) is 5.88 Å². The van der Waals surface area contributed by atoms with E-state index in [1.807, 2.05) is 38.2 Å². The second kappa shape index (κ2) is 9.03. The van der Waals surface area contributed by atoms with Crippen molar-refractivity contribution in [3.63, 3.8) is 0 Å². The van der Waals surface area contributed by atoms with Gasteiger partial charge in [-0.2, -0.15) is 0 Å². The zero-order valence-corrected chi connectivity index (χ0v) is 16.4. The third-order valence-corrected chi connectivity index (χ3v) is 4.48.